The van der Waals surface area contributed by atoms with Crippen LogP contribution in [0.25, 0.3) is 5.69 Å². The topological polar surface area (TPSA) is 102 Å². The van der Waals surface area contributed by atoms with Gasteiger partial charge in [0.25, 0.3) is 5.91 Å². The number of tetrazole rings is 1. The molecule has 0 bridgehead atoms. The summed E-state index contributed by atoms with van der Waals surface area (Å²) in [5.41, 5.74) is 2.66. The summed E-state index contributed by atoms with van der Waals surface area (Å²) in [6, 6.07) is 14.5. The quantitative estimate of drug-likeness (QED) is 0.658. The molecule has 0 saturated heterocycles. The third-order valence-corrected chi connectivity index (χ3v) is 4.45. The van der Waals surface area contributed by atoms with Crippen LogP contribution in [0.3, 0.4) is 0 Å². The smallest absolute Gasteiger partial charge is 0.253 e. The van der Waals surface area contributed by atoms with Gasteiger partial charge in [0.05, 0.1) is 11.3 Å². The van der Waals surface area contributed by atoms with Crippen molar-refractivity contribution in [3.63, 3.8) is 0 Å². The first-order chi connectivity index (χ1) is 13.6. The lowest BCUT2D eigenvalue weighted by Gasteiger charge is -2.12. The van der Waals surface area contributed by atoms with Crippen molar-refractivity contribution >= 4 is 17.5 Å². The Morgan fingerprint density at radius 3 is 2.71 bits per heavy atom. The fourth-order valence-electron chi connectivity index (χ4n) is 2.62. The summed E-state index contributed by atoms with van der Waals surface area (Å²) in [7, 11) is 0. The third kappa shape index (κ3) is 4.59. The van der Waals surface area contributed by atoms with Gasteiger partial charge in [0.15, 0.2) is 0 Å². The van der Waals surface area contributed by atoms with Crippen molar-refractivity contribution in [1.29, 1.82) is 0 Å². The summed E-state index contributed by atoms with van der Waals surface area (Å²) in [5, 5.41) is 16.9. The van der Waals surface area contributed by atoms with Crippen LogP contribution in [-0.4, -0.2) is 32.0 Å². The Labute approximate surface area is 163 Å². The molecule has 8 nitrogen and oxygen atoms in total. The molecular formula is C20H22N6O2. The predicted molar refractivity (Wildman–Crippen MR) is 105 cm³/mol. The molecule has 1 heterocycles. The average Bonchev–Trinajstić information content (AvgIpc) is 3.26. The van der Waals surface area contributed by atoms with Crippen LogP contribution in [0.4, 0.5) is 5.69 Å². The number of nitrogens with zero attached hydrogens (tertiary/aromatic N) is 4. The zero-order valence-corrected chi connectivity index (χ0v) is 15.8. The minimum absolute atomic E-state index is 0.0148. The lowest BCUT2D eigenvalue weighted by atomic mass is 10.1. The van der Waals surface area contributed by atoms with Crippen molar-refractivity contribution in [1.82, 2.24) is 25.5 Å². The molecule has 0 saturated carbocycles. The van der Waals surface area contributed by atoms with E-state index in [0.29, 0.717) is 23.5 Å². The molecular weight excluding hydrogens is 356 g/mol. The molecule has 2 N–H and O–H groups in total. The zero-order valence-electron chi connectivity index (χ0n) is 15.8. The van der Waals surface area contributed by atoms with Gasteiger partial charge in [0.1, 0.15) is 6.33 Å². The number of aromatic nitrogens is 4. The fourth-order valence-corrected chi connectivity index (χ4v) is 2.62. The van der Waals surface area contributed by atoms with Gasteiger partial charge in [-0.25, -0.2) is 0 Å². The number of amides is 2. The van der Waals surface area contributed by atoms with E-state index in [-0.39, 0.29) is 17.7 Å². The molecule has 0 radical (unpaired) electrons. The third-order valence-electron chi connectivity index (χ3n) is 4.45. The molecule has 2 aromatic carbocycles. The van der Waals surface area contributed by atoms with Gasteiger partial charge in [-0.1, -0.05) is 38.1 Å². The summed E-state index contributed by atoms with van der Waals surface area (Å²) in [4.78, 5) is 24.7. The zero-order chi connectivity index (χ0) is 19.9. The number of carbonyl (C=O) groups excluding carboxylic acids is 2. The molecule has 1 atom stereocenters. The van der Waals surface area contributed by atoms with Crippen LogP contribution in [0, 0.1) is 5.92 Å². The van der Waals surface area contributed by atoms with Crippen molar-refractivity contribution < 1.29 is 9.59 Å². The second-order valence-electron chi connectivity index (χ2n) is 6.45. The summed E-state index contributed by atoms with van der Waals surface area (Å²) in [6.07, 6.45) is 2.22. The summed E-state index contributed by atoms with van der Waals surface area (Å²) < 4.78 is 1.44. The standard InChI is InChI=1S/C20H22N6O2/c1-3-14(2)19(27)23-16-8-6-7-15(11-16)12-21-20(28)17-9-4-5-10-18(17)26-13-22-24-25-26/h4-11,13-14H,3,12H2,1-2H3,(H,21,28)(H,23,27). The van der Waals surface area contributed by atoms with Crippen LogP contribution in [0.2, 0.25) is 0 Å². The van der Waals surface area contributed by atoms with Gasteiger partial charge >= 0.3 is 0 Å². The number of para-hydroxylation sites is 1. The highest BCUT2D eigenvalue weighted by atomic mass is 16.2. The molecule has 1 unspecified atom stereocenters. The van der Waals surface area contributed by atoms with Crippen LogP contribution in [0.5, 0.6) is 0 Å². The molecule has 0 aliphatic carbocycles. The Morgan fingerprint density at radius 1 is 1.14 bits per heavy atom. The maximum atomic E-state index is 12.7. The molecule has 1 aromatic heterocycles. The average molecular weight is 378 g/mol. The molecule has 144 valence electrons. The minimum Gasteiger partial charge on any atom is -0.348 e. The van der Waals surface area contributed by atoms with E-state index >= 15 is 0 Å². The summed E-state index contributed by atoms with van der Waals surface area (Å²) in [5.74, 6) is -0.301. The van der Waals surface area contributed by atoms with E-state index in [0.717, 1.165) is 12.0 Å². The molecule has 0 spiro atoms. The molecule has 2 amide bonds. The Bertz CT molecular complexity index is 955. The number of nitrogens with one attached hydrogen (secondary N) is 2. The minimum atomic E-state index is -0.236. The lowest BCUT2D eigenvalue weighted by molar-refractivity contribution is -0.119. The largest absolute Gasteiger partial charge is 0.348 e. The highest BCUT2D eigenvalue weighted by Crippen LogP contribution is 2.15. The van der Waals surface area contributed by atoms with E-state index < -0.39 is 0 Å². The molecule has 3 rings (SSSR count). The molecule has 0 aliphatic rings. The van der Waals surface area contributed by atoms with Crippen molar-refractivity contribution in [3.05, 3.63) is 66.0 Å². The first-order valence-corrected chi connectivity index (χ1v) is 9.09. The van der Waals surface area contributed by atoms with Gasteiger partial charge in [-0.15, -0.1) is 5.10 Å². The van der Waals surface area contributed by atoms with Gasteiger partial charge in [0, 0.05) is 18.2 Å². The number of carbonyl (C=O) groups is 2. The van der Waals surface area contributed by atoms with Crippen LogP contribution < -0.4 is 10.6 Å². The molecule has 3 aromatic rings. The number of hydrogen-bond acceptors (Lipinski definition) is 5. The fraction of sp³-hybridized carbons (Fsp3) is 0.250. The van der Waals surface area contributed by atoms with Gasteiger partial charge in [-0.3, -0.25) is 9.59 Å². The first kappa shape index (κ1) is 19.2. The lowest BCUT2D eigenvalue weighted by Crippen LogP contribution is -2.24. The second-order valence-corrected chi connectivity index (χ2v) is 6.45. The summed E-state index contributed by atoms with van der Waals surface area (Å²) >= 11 is 0. The van der Waals surface area contributed by atoms with Crippen LogP contribution >= 0.6 is 0 Å². The molecule has 28 heavy (non-hydrogen) atoms. The van der Waals surface area contributed by atoms with Crippen molar-refractivity contribution in [3.8, 4) is 5.69 Å². The maximum Gasteiger partial charge on any atom is 0.253 e. The van der Waals surface area contributed by atoms with Crippen LogP contribution in [0.15, 0.2) is 54.9 Å². The van der Waals surface area contributed by atoms with E-state index in [1.165, 1.54) is 11.0 Å². The van der Waals surface area contributed by atoms with E-state index in [2.05, 4.69) is 26.2 Å². The SMILES string of the molecule is CCC(C)C(=O)Nc1cccc(CNC(=O)c2ccccc2-n2cnnn2)c1. The Kier molecular flexibility index (Phi) is 6.11. The van der Waals surface area contributed by atoms with Gasteiger partial charge in [-0.05, 0) is 46.7 Å². The Morgan fingerprint density at radius 2 is 1.96 bits per heavy atom. The van der Waals surface area contributed by atoms with Crippen molar-refractivity contribution in [2.75, 3.05) is 5.32 Å². The molecule has 0 aliphatic heterocycles. The van der Waals surface area contributed by atoms with Crippen LogP contribution in [0.1, 0.15) is 36.2 Å². The highest BCUT2D eigenvalue weighted by Gasteiger charge is 2.14. The van der Waals surface area contributed by atoms with E-state index in [1.807, 2.05) is 44.2 Å². The van der Waals surface area contributed by atoms with E-state index in [1.54, 1.807) is 18.2 Å². The van der Waals surface area contributed by atoms with Crippen molar-refractivity contribution in [2.45, 2.75) is 26.8 Å². The van der Waals surface area contributed by atoms with E-state index in [9.17, 15) is 9.59 Å². The van der Waals surface area contributed by atoms with Crippen LogP contribution in [-0.2, 0) is 11.3 Å². The Hall–Kier alpha value is -3.55. The summed E-state index contributed by atoms with van der Waals surface area (Å²) in [6.45, 7) is 4.20. The van der Waals surface area contributed by atoms with Gasteiger partial charge in [0.2, 0.25) is 5.91 Å². The molecule has 8 heteroatoms. The van der Waals surface area contributed by atoms with Gasteiger partial charge < -0.3 is 10.6 Å². The first-order valence-electron chi connectivity index (χ1n) is 9.09. The molecule has 0 fully saturated rings. The number of benzene rings is 2. The van der Waals surface area contributed by atoms with E-state index in [4.69, 9.17) is 0 Å². The number of rotatable bonds is 7. The highest BCUT2D eigenvalue weighted by molar-refractivity contribution is 5.97. The van der Waals surface area contributed by atoms with Crippen molar-refractivity contribution in [2.24, 2.45) is 5.92 Å². The Balaban J connectivity index is 1.68. The maximum absolute atomic E-state index is 12.7. The predicted octanol–water partition coefficient (Wildman–Crippen LogP) is 2.58. The van der Waals surface area contributed by atoms with Gasteiger partial charge in [-0.2, -0.15) is 4.68 Å². The monoisotopic (exact) mass is 378 g/mol. The normalized spacial score (nSPS) is 11.6. The second kappa shape index (κ2) is 8.90. The number of anilines is 1. The number of hydrogen-bond donors (Lipinski definition) is 2.